The summed E-state index contributed by atoms with van der Waals surface area (Å²) in [7, 11) is 0. The average molecular weight is 358 g/mol. The van der Waals surface area contributed by atoms with Gasteiger partial charge >= 0.3 is 0 Å². The number of nitrogens with zero attached hydrogens (tertiary/aromatic N) is 1. The first-order valence-electron chi connectivity index (χ1n) is 7.57. The van der Waals surface area contributed by atoms with E-state index < -0.39 is 0 Å². The van der Waals surface area contributed by atoms with Crippen LogP contribution in [0.2, 0.25) is 0 Å². The largest absolute Gasteiger partial charge is 0.440 e. The van der Waals surface area contributed by atoms with Crippen molar-refractivity contribution in [2.75, 3.05) is 11.1 Å². The van der Waals surface area contributed by atoms with Crippen LogP contribution >= 0.6 is 23.1 Å². The maximum Gasteiger partial charge on any atom is 0.236 e. The number of rotatable bonds is 6. The van der Waals surface area contributed by atoms with E-state index in [1.807, 2.05) is 55.6 Å². The number of hydrogen-bond donors (Lipinski definition) is 1. The van der Waals surface area contributed by atoms with E-state index >= 15 is 0 Å². The molecule has 0 aliphatic carbocycles. The van der Waals surface area contributed by atoms with E-state index in [0.29, 0.717) is 17.4 Å². The van der Waals surface area contributed by atoms with Gasteiger partial charge in [0.05, 0.1) is 16.3 Å². The van der Waals surface area contributed by atoms with Gasteiger partial charge in [-0.2, -0.15) is 0 Å². The van der Waals surface area contributed by atoms with Gasteiger partial charge in [-0.05, 0) is 36.9 Å². The number of aryl methyl sites for hydroxylation is 2. The Morgan fingerprint density at radius 3 is 2.83 bits per heavy atom. The van der Waals surface area contributed by atoms with Gasteiger partial charge in [0.25, 0.3) is 0 Å². The molecule has 0 fully saturated rings. The Bertz CT molecular complexity index is 825. The molecule has 3 rings (SSSR count). The quantitative estimate of drug-likeness (QED) is 0.681. The summed E-state index contributed by atoms with van der Waals surface area (Å²) >= 11 is 3.14. The Balaban J connectivity index is 1.53. The van der Waals surface area contributed by atoms with Gasteiger partial charge in [-0.3, -0.25) is 4.79 Å². The molecule has 6 heteroatoms. The molecular weight excluding hydrogens is 340 g/mol. The molecule has 0 spiro atoms. The Morgan fingerprint density at radius 1 is 1.25 bits per heavy atom. The molecule has 2 aromatic heterocycles. The van der Waals surface area contributed by atoms with Gasteiger partial charge in [-0.25, -0.2) is 4.98 Å². The maximum atomic E-state index is 12.1. The second-order valence-electron chi connectivity index (χ2n) is 5.36. The molecule has 0 bridgehead atoms. The summed E-state index contributed by atoms with van der Waals surface area (Å²) in [5.41, 5.74) is 2.82. The average Bonchev–Trinajstić information content (AvgIpc) is 3.20. The van der Waals surface area contributed by atoms with Crippen molar-refractivity contribution in [3.05, 3.63) is 58.8 Å². The van der Waals surface area contributed by atoms with Gasteiger partial charge in [0.1, 0.15) is 5.76 Å². The zero-order valence-corrected chi connectivity index (χ0v) is 15.2. The van der Waals surface area contributed by atoms with Crippen molar-refractivity contribution >= 4 is 34.7 Å². The molecular formula is C18H18N2O2S2. The van der Waals surface area contributed by atoms with Crippen LogP contribution < -0.4 is 5.32 Å². The zero-order chi connectivity index (χ0) is 16.9. The van der Waals surface area contributed by atoms with Gasteiger partial charge in [0, 0.05) is 11.4 Å². The number of nitrogens with one attached hydrogen (secondary N) is 1. The topological polar surface area (TPSA) is 55.1 Å². The normalized spacial score (nSPS) is 10.8. The van der Waals surface area contributed by atoms with Crippen molar-refractivity contribution in [2.45, 2.75) is 19.6 Å². The summed E-state index contributed by atoms with van der Waals surface area (Å²) in [5, 5.41) is 4.94. The highest BCUT2D eigenvalue weighted by atomic mass is 32.2. The lowest BCUT2D eigenvalue weighted by Crippen LogP contribution is -2.14. The number of hydrogen-bond acceptors (Lipinski definition) is 5. The highest BCUT2D eigenvalue weighted by molar-refractivity contribution is 7.99. The fraction of sp³-hybridized carbons (Fsp3) is 0.222. The van der Waals surface area contributed by atoms with Crippen LogP contribution in [0.3, 0.4) is 0 Å². The molecule has 1 amide bonds. The molecule has 4 nitrogen and oxygen atoms in total. The molecule has 0 radical (unpaired) electrons. The number of anilines is 1. The highest BCUT2D eigenvalue weighted by Gasteiger charge is 2.13. The lowest BCUT2D eigenvalue weighted by molar-refractivity contribution is -0.113. The van der Waals surface area contributed by atoms with E-state index in [-0.39, 0.29) is 5.91 Å². The van der Waals surface area contributed by atoms with Crippen LogP contribution in [-0.4, -0.2) is 16.6 Å². The van der Waals surface area contributed by atoms with E-state index in [9.17, 15) is 4.79 Å². The van der Waals surface area contributed by atoms with Crippen molar-refractivity contribution in [3.8, 4) is 10.8 Å². The van der Waals surface area contributed by atoms with Gasteiger partial charge in [0.15, 0.2) is 0 Å². The predicted octanol–water partition coefficient (Wildman–Crippen LogP) is 4.89. The Kier molecular flexibility index (Phi) is 5.37. The van der Waals surface area contributed by atoms with Crippen LogP contribution in [0.15, 0.2) is 46.2 Å². The molecule has 24 heavy (non-hydrogen) atoms. The SMILES string of the molecule is Cc1ccccc1NC(=O)CSCc1nc(-c2cccs2)oc1C. The van der Waals surface area contributed by atoms with Gasteiger partial charge in [-0.15, -0.1) is 23.1 Å². The predicted molar refractivity (Wildman–Crippen MR) is 101 cm³/mol. The minimum atomic E-state index is -0.00562. The third kappa shape index (κ3) is 4.07. The Morgan fingerprint density at radius 2 is 2.08 bits per heavy atom. The lowest BCUT2D eigenvalue weighted by atomic mass is 10.2. The molecule has 1 N–H and O–H groups in total. The third-order valence-corrected chi connectivity index (χ3v) is 5.32. The number of amides is 1. The second-order valence-corrected chi connectivity index (χ2v) is 7.29. The van der Waals surface area contributed by atoms with Crippen LogP contribution in [0.5, 0.6) is 0 Å². The number of aromatic nitrogens is 1. The van der Waals surface area contributed by atoms with Crippen molar-refractivity contribution in [2.24, 2.45) is 0 Å². The van der Waals surface area contributed by atoms with Crippen molar-refractivity contribution in [3.63, 3.8) is 0 Å². The van der Waals surface area contributed by atoms with Crippen molar-refractivity contribution in [1.82, 2.24) is 4.98 Å². The highest BCUT2D eigenvalue weighted by Crippen LogP contribution is 2.27. The number of carbonyl (C=O) groups excluding carboxylic acids is 1. The summed E-state index contributed by atoms with van der Waals surface area (Å²) in [4.78, 5) is 17.6. The zero-order valence-electron chi connectivity index (χ0n) is 13.5. The number of thioether (sulfide) groups is 1. The number of para-hydroxylation sites is 1. The molecule has 3 aromatic rings. The fourth-order valence-electron chi connectivity index (χ4n) is 2.21. The molecule has 0 aliphatic rings. The minimum absolute atomic E-state index is 0.00562. The molecule has 0 unspecified atom stereocenters. The first kappa shape index (κ1) is 16.8. The fourth-order valence-corrected chi connectivity index (χ4v) is 3.68. The number of oxazole rings is 1. The molecule has 0 saturated heterocycles. The summed E-state index contributed by atoms with van der Waals surface area (Å²) < 4.78 is 5.71. The van der Waals surface area contributed by atoms with E-state index in [2.05, 4.69) is 10.3 Å². The van der Waals surface area contributed by atoms with Crippen LogP contribution in [0.25, 0.3) is 10.8 Å². The van der Waals surface area contributed by atoms with Gasteiger partial charge < -0.3 is 9.73 Å². The number of benzene rings is 1. The van der Waals surface area contributed by atoms with Crippen LogP contribution in [0.1, 0.15) is 17.0 Å². The van der Waals surface area contributed by atoms with Gasteiger partial charge in [0.2, 0.25) is 11.8 Å². The van der Waals surface area contributed by atoms with E-state index in [0.717, 1.165) is 27.6 Å². The van der Waals surface area contributed by atoms with Crippen LogP contribution in [-0.2, 0) is 10.5 Å². The van der Waals surface area contributed by atoms with E-state index in [1.165, 1.54) is 11.8 Å². The van der Waals surface area contributed by atoms with E-state index in [4.69, 9.17) is 4.42 Å². The van der Waals surface area contributed by atoms with Crippen molar-refractivity contribution < 1.29 is 9.21 Å². The Labute approximate surface area is 149 Å². The molecule has 2 heterocycles. The van der Waals surface area contributed by atoms with Crippen molar-refractivity contribution in [1.29, 1.82) is 0 Å². The number of carbonyl (C=O) groups is 1. The molecule has 1 aromatic carbocycles. The Hall–Kier alpha value is -2.05. The first-order chi connectivity index (χ1) is 11.6. The minimum Gasteiger partial charge on any atom is -0.440 e. The van der Waals surface area contributed by atoms with Crippen LogP contribution in [0, 0.1) is 13.8 Å². The summed E-state index contributed by atoms with van der Waals surface area (Å²) in [6, 6.07) is 11.7. The van der Waals surface area contributed by atoms with Crippen LogP contribution in [0.4, 0.5) is 5.69 Å². The summed E-state index contributed by atoms with van der Waals surface area (Å²) in [6.07, 6.45) is 0. The maximum absolute atomic E-state index is 12.1. The summed E-state index contributed by atoms with van der Waals surface area (Å²) in [6.45, 7) is 3.89. The standard InChI is InChI=1S/C18H18N2O2S2/c1-12-6-3-4-7-14(12)19-17(21)11-23-10-15-13(2)22-18(20-15)16-8-5-9-24-16/h3-9H,10-11H2,1-2H3,(H,19,21). The lowest BCUT2D eigenvalue weighted by Gasteiger charge is -2.07. The first-order valence-corrected chi connectivity index (χ1v) is 9.60. The molecule has 0 aliphatic heterocycles. The third-order valence-electron chi connectivity index (χ3n) is 3.52. The molecule has 0 atom stereocenters. The molecule has 0 saturated carbocycles. The molecule has 124 valence electrons. The smallest absolute Gasteiger partial charge is 0.236 e. The summed E-state index contributed by atoms with van der Waals surface area (Å²) in [5.74, 6) is 2.50. The second kappa shape index (κ2) is 7.68. The monoisotopic (exact) mass is 358 g/mol. The van der Waals surface area contributed by atoms with Gasteiger partial charge in [-0.1, -0.05) is 24.3 Å². The number of thiophene rings is 1. The van der Waals surface area contributed by atoms with E-state index in [1.54, 1.807) is 11.3 Å².